The molecule has 31 valence electrons. The van der Waals surface area contributed by atoms with Gasteiger partial charge in [0.1, 0.15) is 0 Å². The van der Waals surface area contributed by atoms with Gasteiger partial charge >= 0.3 is 40.1 Å². The van der Waals surface area contributed by atoms with Crippen LogP contribution >= 0.6 is 0 Å². The molecule has 0 aromatic heterocycles. The van der Waals surface area contributed by atoms with Crippen molar-refractivity contribution in [3.63, 3.8) is 0 Å². The molecule has 0 aromatic rings. The molecule has 0 amide bonds. The van der Waals surface area contributed by atoms with Gasteiger partial charge in [-0.05, 0) is 0 Å². The van der Waals surface area contributed by atoms with Crippen LogP contribution in [-0.4, -0.2) is 0 Å². The van der Waals surface area contributed by atoms with E-state index in [2.05, 4.69) is 0 Å². The fourth-order valence-corrected chi connectivity index (χ4v) is 0. The van der Waals surface area contributed by atoms with Crippen molar-refractivity contribution < 1.29 is 40.1 Å². The molecule has 0 atom stereocenters. The van der Waals surface area contributed by atoms with Crippen LogP contribution in [0.2, 0.25) is 0 Å². The van der Waals surface area contributed by atoms with E-state index in [1.54, 1.807) is 0 Å². The summed E-state index contributed by atoms with van der Waals surface area (Å²) in [6.45, 7) is 0. The summed E-state index contributed by atoms with van der Waals surface area (Å²) in [6.07, 6.45) is 0. The van der Waals surface area contributed by atoms with Crippen molar-refractivity contribution in [2.24, 2.45) is 0 Å². The molecular formula is O3RuTa. The van der Waals surface area contributed by atoms with Gasteiger partial charge in [0.05, 0.1) is 0 Å². The third-order valence-electron chi connectivity index (χ3n) is 0.0527. The van der Waals surface area contributed by atoms with Crippen LogP contribution < -0.4 is 0 Å². The first-order chi connectivity index (χ1) is 2.27. The molecule has 0 spiro atoms. The number of hydrogen-bond acceptors (Lipinski definition) is 3. The quantitative estimate of drug-likeness (QED) is 0.617. The Labute approximate surface area is 40.1 Å². The maximum atomic E-state index is 9.25. The third kappa shape index (κ3) is 4.76. The Morgan fingerprint density at radius 2 is 1.60 bits per heavy atom. The first-order valence-electron chi connectivity index (χ1n) is 0.629. The Bertz CT molecular complexity index is 83.1. The molecule has 0 aliphatic rings. The normalized spacial score (nSPS) is 8.20. The zero-order valence-electron chi connectivity index (χ0n) is 2.03. The molecular weight excluding hydrogens is 330 g/mol. The molecule has 0 N–H and O–H groups in total. The van der Waals surface area contributed by atoms with Crippen LogP contribution in [0.4, 0.5) is 0 Å². The van der Waals surface area contributed by atoms with Crippen LogP contribution in [0.25, 0.3) is 0 Å². The Kier molecular flexibility index (Phi) is 3.43. The summed E-state index contributed by atoms with van der Waals surface area (Å²) in [4.78, 5) is 0. The average molecular weight is 330 g/mol. The molecule has 0 aliphatic heterocycles. The second kappa shape index (κ2) is 2.97. The van der Waals surface area contributed by atoms with Crippen LogP contribution in [0.5, 0.6) is 0 Å². The predicted octanol–water partition coefficient (Wildman–Crippen LogP) is -0.361. The van der Waals surface area contributed by atoms with Gasteiger partial charge < -0.3 is 0 Å². The van der Waals surface area contributed by atoms with E-state index in [0.29, 0.717) is 0 Å². The second-order valence-corrected chi connectivity index (χ2v) is 9.73. The summed E-state index contributed by atoms with van der Waals surface area (Å²) in [5.74, 6) is 0. The first-order valence-corrected chi connectivity index (χ1v) is 10.9. The summed E-state index contributed by atoms with van der Waals surface area (Å²) in [5.41, 5.74) is 0. The van der Waals surface area contributed by atoms with Gasteiger partial charge in [0.25, 0.3) is 0 Å². The summed E-state index contributed by atoms with van der Waals surface area (Å²) >= 11 is -5.21. The molecule has 0 unspecified atom stereocenters. The molecule has 0 heterocycles. The number of rotatable bonds is 1. The van der Waals surface area contributed by atoms with E-state index in [-0.39, 0.29) is 0 Å². The van der Waals surface area contributed by atoms with Crippen molar-refractivity contribution >= 4 is 0 Å². The Hall–Kier alpha value is 0.764. The van der Waals surface area contributed by atoms with Crippen LogP contribution in [0, 0.1) is 0 Å². The molecule has 0 radical (unpaired) electrons. The van der Waals surface area contributed by atoms with E-state index < -0.39 is 29.7 Å². The van der Waals surface area contributed by atoms with Crippen molar-refractivity contribution in [1.82, 2.24) is 0 Å². The van der Waals surface area contributed by atoms with E-state index >= 15 is 0 Å². The fourth-order valence-electron chi connectivity index (χ4n) is 0. The molecule has 0 rings (SSSR count). The molecule has 0 saturated heterocycles. The van der Waals surface area contributed by atoms with Gasteiger partial charge in [-0.15, -0.1) is 0 Å². The van der Waals surface area contributed by atoms with Crippen LogP contribution in [-0.2, 0) is 40.1 Å². The van der Waals surface area contributed by atoms with E-state index in [4.69, 9.17) is 0 Å². The Morgan fingerprint density at radius 3 is 1.60 bits per heavy atom. The molecule has 5 heavy (non-hydrogen) atoms. The molecule has 3 nitrogen and oxygen atoms in total. The predicted molar refractivity (Wildman–Crippen MR) is 2.06 cm³/mol. The SMILES string of the molecule is [O]=[Ta][Ru](=[O])=[O]. The van der Waals surface area contributed by atoms with Gasteiger partial charge in [-0.3, -0.25) is 0 Å². The van der Waals surface area contributed by atoms with Crippen LogP contribution in [0.3, 0.4) is 0 Å². The minimum absolute atomic E-state index is 2.16. The standard InChI is InChI=1S/3O.Ru.Ta. The molecule has 0 aliphatic carbocycles. The first kappa shape index (κ1) is 5.76. The molecule has 0 aromatic carbocycles. The van der Waals surface area contributed by atoms with E-state index in [9.17, 15) is 10.4 Å². The monoisotopic (exact) mass is 331 g/mol. The maximum absolute atomic E-state index is 9.25. The fraction of sp³-hybridized carbons (Fsp3) is 0. The number of hydrogen-bond donors (Lipinski definition) is 0. The van der Waals surface area contributed by atoms with Crippen LogP contribution in [0.1, 0.15) is 0 Å². The van der Waals surface area contributed by atoms with Gasteiger partial charge in [-0.2, -0.15) is 0 Å². The van der Waals surface area contributed by atoms with Crippen molar-refractivity contribution in [3.8, 4) is 0 Å². The summed E-state index contributed by atoms with van der Waals surface area (Å²) < 4.78 is 27.8. The van der Waals surface area contributed by atoms with E-state index in [1.807, 2.05) is 0 Å². The summed E-state index contributed by atoms with van der Waals surface area (Å²) in [5, 5.41) is 0. The zero-order valence-corrected chi connectivity index (χ0v) is 6.98. The minimum atomic E-state index is -3.06. The summed E-state index contributed by atoms with van der Waals surface area (Å²) in [6, 6.07) is 0. The summed E-state index contributed by atoms with van der Waals surface area (Å²) in [7, 11) is 0. The van der Waals surface area contributed by atoms with Gasteiger partial charge in [0.15, 0.2) is 0 Å². The molecule has 0 bridgehead atoms. The van der Waals surface area contributed by atoms with Crippen LogP contribution in [0.15, 0.2) is 0 Å². The average Bonchev–Trinajstić information content (AvgIpc) is 1.38. The van der Waals surface area contributed by atoms with Gasteiger partial charge in [0.2, 0.25) is 0 Å². The zero-order chi connectivity index (χ0) is 4.28. The second-order valence-electron chi connectivity index (χ2n) is 0.253. The van der Waals surface area contributed by atoms with E-state index in [0.717, 1.165) is 0 Å². The van der Waals surface area contributed by atoms with Gasteiger partial charge in [-0.25, -0.2) is 0 Å². The van der Waals surface area contributed by atoms with Gasteiger partial charge in [0, 0.05) is 0 Å². The third-order valence-corrected chi connectivity index (χ3v) is 2.55. The molecule has 5 heteroatoms. The van der Waals surface area contributed by atoms with Crippen molar-refractivity contribution in [3.05, 3.63) is 0 Å². The van der Waals surface area contributed by atoms with Gasteiger partial charge in [-0.1, -0.05) is 0 Å². The Morgan fingerprint density at radius 1 is 1.40 bits per heavy atom. The van der Waals surface area contributed by atoms with Crippen molar-refractivity contribution in [2.45, 2.75) is 0 Å². The van der Waals surface area contributed by atoms with Crippen molar-refractivity contribution in [2.75, 3.05) is 0 Å². The molecule has 0 fully saturated rings. The van der Waals surface area contributed by atoms with Crippen molar-refractivity contribution in [1.29, 1.82) is 0 Å². The molecule has 0 saturated carbocycles. The van der Waals surface area contributed by atoms with E-state index in [1.165, 1.54) is 0 Å². The Balaban J connectivity index is 3.69. The topological polar surface area (TPSA) is 51.2 Å².